The maximum Gasteiger partial charge on any atom is 0.330 e. The van der Waals surface area contributed by atoms with Crippen LogP contribution in [0.2, 0.25) is 0 Å². The normalized spacial score (nSPS) is 11.3. The molecule has 104 valence electrons. The van der Waals surface area contributed by atoms with E-state index in [-0.39, 0.29) is 17.8 Å². The minimum absolute atomic E-state index is 0.121. The van der Waals surface area contributed by atoms with Crippen LogP contribution in [0.1, 0.15) is 17.0 Å². The van der Waals surface area contributed by atoms with Crippen LogP contribution < -0.4 is 11.2 Å². The lowest BCUT2D eigenvalue weighted by Crippen LogP contribution is -2.36. The van der Waals surface area contributed by atoms with Crippen molar-refractivity contribution >= 4 is 11.2 Å². The highest BCUT2D eigenvalue weighted by molar-refractivity contribution is 5.68. The lowest BCUT2D eigenvalue weighted by molar-refractivity contribution is 0.392. The molecule has 3 aromatic rings. The van der Waals surface area contributed by atoms with E-state index in [1.807, 2.05) is 0 Å². The number of aryl methyl sites for hydroxylation is 3. The van der Waals surface area contributed by atoms with E-state index in [0.29, 0.717) is 17.0 Å². The number of aromatic amines is 1. The number of imidazole rings is 1. The van der Waals surface area contributed by atoms with Gasteiger partial charge in [-0.15, -0.1) is 0 Å². The Hall–Kier alpha value is -2.64. The fraction of sp³-hybridized carbons (Fsp3) is 0.333. The smallest absolute Gasteiger partial charge is 0.330 e. The van der Waals surface area contributed by atoms with Gasteiger partial charge in [-0.2, -0.15) is 0 Å². The molecule has 3 rings (SSSR count). The van der Waals surface area contributed by atoms with Crippen molar-refractivity contribution in [1.29, 1.82) is 0 Å². The van der Waals surface area contributed by atoms with Gasteiger partial charge in [0.2, 0.25) is 0 Å². The topological polar surface area (TPSA) is 98.7 Å². The number of hydrogen-bond donors (Lipinski definition) is 1. The predicted octanol–water partition coefficient (Wildman–Crippen LogP) is 0.0764. The Labute approximate surface area is 112 Å². The standard InChI is InChI=1S/C12H13N5O3/c1-6-8(7(2)20-15-6)4-17-11(18)9-10(14-12(17)19)13-5-16(9)3/h5H,4H2,1-3H3,(H,14,19). The van der Waals surface area contributed by atoms with Gasteiger partial charge in [0.05, 0.1) is 18.6 Å². The lowest BCUT2D eigenvalue weighted by atomic mass is 10.2. The van der Waals surface area contributed by atoms with Crippen molar-refractivity contribution in [1.82, 2.24) is 24.3 Å². The van der Waals surface area contributed by atoms with Crippen LogP contribution in [0, 0.1) is 13.8 Å². The zero-order chi connectivity index (χ0) is 14.4. The second-order valence-corrected chi connectivity index (χ2v) is 4.68. The highest BCUT2D eigenvalue weighted by atomic mass is 16.5. The zero-order valence-corrected chi connectivity index (χ0v) is 11.3. The Bertz CT molecular complexity index is 892. The van der Waals surface area contributed by atoms with E-state index in [1.165, 1.54) is 6.33 Å². The van der Waals surface area contributed by atoms with E-state index in [0.717, 1.165) is 10.1 Å². The summed E-state index contributed by atoms with van der Waals surface area (Å²) < 4.78 is 7.75. The molecule has 0 saturated heterocycles. The molecule has 0 amide bonds. The average molecular weight is 275 g/mol. The SMILES string of the molecule is Cc1noc(C)c1Cn1c(=O)[nH]c2ncn(C)c2c1=O. The first-order valence-electron chi connectivity index (χ1n) is 6.05. The molecule has 8 nitrogen and oxygen atoms in total. The van der Waals surface area contributed by atoms with E-state index in [9.17, 15) is 9.59 Å². The fourth-order valence-corrected chi connectivity index (χ4v) is 2.19. The summed E-state index contributed by atoms with van der Waals surface area (Å²) in [5.41, 5.74) is 1.16. The molecule has 20 heavy (non-hydrogen) atoms. The second-order valence-electron chi connectivity index (χ2n) is 4.68. The Morgan fingerprint density at radius 1 is 1.35 bits per heavy atom. The van der Waals surface area contributed by atoms with Gasteiger partial charge in [-0.05, 0) is 13.8 Å². The molecule has 3 aromatic heterocycles. The molecule has 0 spiro atoms. The van der Waals surface area contributed by atoms with Gasteiger partial charge in [-0.25, -0.2) is 9.78 Å². The van der Waals surface area contributed by atoms with Gasteiger partial charge in [-0.3, -0.25) is 14.3 Å². The van der Waals surface area contributed by atoms with Crippen LogP contribution in [0.5, 0.6) is 0 Å². The molecule has 0 saturated carbocycles. The van der Waals surface area contributed by atoms with Gasteiger partial charge < -0.3 is 9.09 Å². The molecule has 0 bridgehead atoms. The van der Waals surface area contributed by atoms with Crippen molar-refractivity contribution < 1.29 is 4.52 Å². The summed E-state index contributed by atoms with van der Waals surface area (Å²) in [6.07, 6.45) is 1.49. The first kappa shape index (κ1) is 12.4. The number of H-pyrrole nitrogens is 1. The summed E-state index contributed by atoms with van der Waals surface area (Å²) in [6.45, 7) is 3.64. The van der Waals surface area contributed by atoms with Crippen LogP contribution in [0.15, 0.2) is 20.4 Å². The molecule has 0 aromatic carbocycles. The largest absolute Gasteiger partial charge is 0.361 e. The summed E-state index contributed by atoms with van der Waals surface area (Å²) in [7, 11) is 1.70. The first-order chi connectivity index (χ1) is 9.49. The molecule has 8 heteroatoms. The number of hydrogen-bond acceptors (Lipinski definition) is 5. The van der Waals surface area contributed by atoms with E-state index in [1.54, 1.807) is 25.5 Å². The summed E-state index contributed by atoms with van der Waals surface area (Å²) >= 11 is 0. The number of nitrogens with zero attached hydrogens (tertiary/aromatic N) is 4. The van der Waals surface area contributed by atoms with Crippen molar-refractivity contribution in [3.63, 3.8) is 0 Å². The van der Waals surface area contributed by atoms with Gasteiger partial charge in [0, 0.05) is 12.6 Å². The summed E-state index contributed by atoms with van der Waals surface area (Å²) in [4.78, 5) is 31.0. The molecular formula is C12H13N5O3. The third-order valence-corrected chi connectivity index (χ3v) is 3.35. The maximum atomic E-state index is 12.4. The van der Waals surface area contributed by atoms with Crippen LogP contribution in [0.4, 0.5) is 0 Å². The van der Waals surface area contributed by atoms with Gasteiger partial charge >= 0.3 is 5.69 Å². The van der Waals surface area contributed by atoms with Crippen molar-refractivity contribution in [3.8, 4) is 0 Å². The average Bonchev–Trinajstić information content (AvgIpc) is 2.91. The van der Waals surface area contributed by atoms with E-state index >= 15 is 0 Å². The number of rotatable bonds is 2. The van der Waals surface area contributed by atoms with Crippen LogP contribution in [0.3, 0.4) is 0 Å². The molecule has 0 aliphatic rings. The van der Waals surface area contributed by atoms with E-state index < -0.39 is 5.69 Å². The van der Waals surface area contributed by atoms with Gasteiger partial charge in [-0.1, -0.05) is 5.16 Å². The quantitative estimate of drug-likeness (QED) is 0.714. The van der Waals surface area contributed by atoms with Gasteiger partial charge in [0.15, 0.2) is 11.2 Å². The Morgan fingerprint density at radius 2 is 2.10 bits per heavy atom. The minimum atomic E-state index is -0.499. The third-order valence-electron chi connectivity index (χ3n) is 3.35. The van der Waals surface area contributed by atoms with E-state index in [4.69, 9.17) is 4.52 Å². The highest BCUT2D eigenvalue weighted by Crippen LogP contribution is 2.12. The lowest BCUT2D eigenvalue weighted by Gasteiger charge is -2.04. The van der Waals surface area contributed by atoms with Gasteiger partial charge in [0.25, 0.3) is 5.56 Å². The van der Waals surface area contributed by atoms with E-state index in [2.05, 4.69) is 15.1 Å². The Kier molecular flexibility index (Phi) is 2.60. The third kappa shape index (κ3) is 1.68. The molecule has 0 aliphatic heterocycles. The summed E-state index contributed by atoms with van der Waals surface area (Å²) in [6, 6.07) is 0. The summed E-state index contributed by atoms with van der Waals surface area (Å²) in [5.74, 6) is 0.596. The monoisotopic (exact) mass is 275 g/mol. The predicted molar refractivity (Wildman–Crippen MR) is 70.7 cm³/mol. The van der Waals surface area contributed by atoms with Crippen LogP contribution >= 0.6 is 0 Å². The summed E-state index contributed by atoms with van der Waals surface area (Å²) in [5, 5.41) is 3.82. The minimum Gasteiger partial charge on any atom is -0.361 e. The molecule has 0 atom stereocenters. The van der Waals surface area contributed by atoms with Crippen molar-refractivity contribution in [2.75, 3.05) is 0 Å². The van der Waals surface area contributed by atoms with Crippen LogP contribution in [-0.4, -0.2) is 24.3 Å². The molecule has 3 heterocycles. The molecule has 0 fully saturated rings. The molecule has 0 aliphatic carbocycles. The van der Waals surface area contributed by atoms with Crippen molar-refractivity contribution in [2.45, 2.75) is 20.4 Å². The van der Waals surface area contributed by atoms with Crippen molar-refractivity contribution in [2.24, 2.45) is 7.05 Å². The Morgan fingerprint density at radius 3 is 2.75 bits per heavy atom. The molecule has 1 N–H and O–H groups in total. The Balaban J connectivity index is 2.24. The maximum absolute atomic E-state index is 12.4. The number of fused-ring (bicyclic) bond motifs is 1. The molecular weight excluding hydrogens is 262 g/mol. The van der Waals surface area contributed by atoms with Gasteiger partial charge in [0.1, 0.15) is 5.76 Å². The van der Waals surface area contributed by atoms with Crippen molar-refractivity contribution in [3.05, 3.63) is 44.2 Å². The zero-order valence-electron chi connectivity index (χ0n) is 11.3. The second kappa shape index (κ2) is 4.19. The number of aromatic nitrogens is 5. The fourth-order valence-electron chi connectivity index (χ4n) is 2.19. The molecule has 0 unspecified atom stereocenters. The number of nitrogens with one attached hydrogen (secondary N) is 1. The highest BCUT2D eigenvalue weighted by Gasteiger charge is 2.15. The first-order valence-corrected chi connectivity index (χ1v) is 6.05. The van der Waals surface area contributed by atoms with Crippen LogP contribution in [-0.2, 0) is 13.6 Å². The molecule has 0 radical (unpaired) electrons. The van der Waals surface area contributed by atoms with Crippen LogP contribution in [0.25, 0.3) is 11.2 Å².